The summed E-state index contributed by atoms with van der Waals surface area (Å²) in [6.45, 7) is 3.04. The predicted molar refractivity (Wildman–Crippen MR) is 60.7 cm³/mol. The fraction of sp³-hybridized carbons (Fsp3) is 0.846. The molecule has 1 aliphatic heterocycles. The van der Waals surface area contributed by atoms with Crippen LogP contribution in [-0.2, 0) is 9.47 Å². The second-order valence-electron chi connectivity index (χ2n) is 4.70. The van der Waals surface area contributed by atoms with Gasteiger partial charge >= 0.3 is 0 Å². The highest BCUT2D eigenvalue weighted by molar-refractivity contribution is 5.08. The van der Waals surface area contributed by atoms with Crippen LogP contribution in [0.4, 0.5) is 0 Å². The monoisotopic (exact) mass is 210 g/mol. The molecule has 2 rings (SSSR count). The number of hydrogen-bond acceptors (Lipinski definition) is 2. The average molecular weight is 210 g/mol. The quantitative estimate of drug-likeness (QED) is 0.662. The maximum absolute atomic E-state index is 5.89. The van der Waals surface area contributed by atoms with E-state index >= 15 is 0 Å². The Bertz CT molecular complexity index is 217. The molecule has 2 nitrogen and oxygen atoms in total. The second kappa shape index (κ2) is 5.66. The van der Waals surface area contributed by atoms with E-state index in [4.69, 9.17) is 9.47 Å². The first-order valence-electron chi connectivity index (χ1n) is 6.29. The van der Waals surface area contributed by atoms with Gasteiger partial charge in [0.15, 0.2) is 6.29 Å². The minimum atomic E-state index is 0.0655. The first-order chi connectivity index (χ1) is 7.34. The highest BCUT2D eigenvalue weighted by atomic mass is 16.7. The van der Waals surface area contributed by atoms with Gasteiger partial charge in [-0.1, -0.05) is 11.6 Å². The molecule has 86 valence electrons. The molecular formula is C13H22O2. The Balaban J connectivity index is 1.68. The van der Waals surface area contributed by atoms with Gasteiger partial charge in [0.05, 0.1) is 6.10 Å². The molecule has 0 bridgehead atoms. The number of ether oxygens (including phenoxy) is 2. The Morgan fingerprint density at radius 2 is 2.40 bits per heavy atom. The van der Waals surface area contributed by atoms with Crippen molar-refractivity contribution >= 4 is 0 Å². The molecule has 1 saturated heterocycles. The van der Waals surface area contributed by atoms with Crippen LogP contribution in [0.2, 0.25) is 0 Å². The van der Waals surface area contributed by atoms with Crippen molar-refractivity contribution in [2.75, 3.05) is 6.61 Å². The number of rotatable bonds is 4. The van der Waals surface area contributed by atoms with Crippen LogP contribution in [0.15, 0.2) is 11.6 Å². The lowest BCUT2D eigenvalue weighted by Crippen LogP contribution is -2.26. The summed E-state index contributed by atoms with van der Waals surface area (Å²) in [5.74, 6) is 0. The molecule has 0 saturated carbocycles. The molecule has 0 N–H and O–H groups in total. The number of hydrogen-bond donors (Lipinski definition) is 0. The molecule has 2 aliphatic rings. The van der Waals surface area contributed by atoms with Gasteiger partial charge < -0.3 is 9.47 Å². The summed E-state index contributed by atoms with van der Waals surface area (Å²) in [6.07, 6.45) is 11.3. The lowest BCUT2D eigenvalue weighted by molar-refractivity contribution is -0.183. The van der Waals surface area contributed by atoms with Gasteiger partial charge in [-0.25, -0.2) is 0 Å². The van der Waals surface area contributed by atoms with E-state index in [0.29, 0.717) is 6.10 Å². The topological polar surface area (TPSA) is 18.5 Å². The highest BCUT2D eigenvalue weighted by Crippen LogP contribution is 2.24. The van der Waals surface area contributed by atoms with E-state index in [-0.39, 0.29) is 6.29 Å². The van der Waals surface area contributed by atoms with E-state index in [1.165, 1.54) is 32.1 Å². The maximum atomic E-state index is 5.89. The van der Waals surface area contributed by atoms with Crippen LogP contribution in [0.1, 0.15) is 51.9 Å². The summed E-state index contributed by atoms with van der Waals surface area (Å²) in [7, 11) is 0. The van der Waals surface area contributed by atoms with E-state index in [9.17, 15) is 0 Å². The first-order valence-corrected chi connectivity index (χ1v) is 6.29. The summed E-state index contributed by atoms with van der Waals surface area (Å²) < 4.78 is 11.5. The minimum Gasteiger partial charge on any atom is -0.353 e. The molecule has 2 heteroatoms. The molecular weight excluding hydrogens is 188 g/mol. The second-order valence-corrected chi connectivity index (χ2v) is 4.70. The molecule has 0 aromatic heterocycles. The standard InChI is InChI=1S/C13H22O2/c1-11(10-12-6-2-3-7-12)15-13-8-4-5-9-14-13/h6,11,13H,2-5,7-10H2,1H3. The van der Waals surface area contributed by atoms with E-state index < -0.39 is 0 Å². The zero-order valence-corrected chi connectivity index (χ0v) is 9.71. The molecule has 1 fully saturated rings. The Hall–Kier alpha value is -0.340. The SMILES string of the molecule is CC(CC1=CCCC1)OC1CCCCO1. The van der Waals surface area contributed by atoms with E-state index in [2.05, 4.69) is 13.0 Å². The van der Waals surface area contributed by atoms with Crippen molar-refractivity contribution < 1.29 is 9.47 Å². The van der Waals surface area contributed by atoms with Gasteiger partial charge in [0, 0.05) is 6.61 Å². The summed E-state index contributed by atoms with van der Waals surface area (Å²) in [6, 6.07) is 0. The molecule has 1 aliphatic carbocycles. The Morgan fingerprint density at radius 1 is 1.47 bits per heavy atom. The van der Waals surface area contributed by atoms with Crippen LogP contribution < -0.4 is 0 Å². The largest absolute Gasteiger partial charge is 0.353 e. The Kier molecular flexibility index (Phi) is 4.21. The van der Waals surface area contributed by atoms with Crippen molar-refractivity contribution in [1.82, 2.24) is 0 Å². The van der Waals surface area contributed by atoms with Crippen LogP contribution >= 0.6 is 0 Å². The van der Waals surface area contributed by atoms with Crippen LogP contribution in [0.3, 0.4) is 0 Å². The summed E-state index contributed by atoms with van der Waals surface area (Å²) >= 11 is 0. The summed E-state index contributed by atoms with van der Waals surface area (Å²) in [5, 5.41) is 0. The van der Waals surface area contributed by atoms with Crippen LogP contribution in [-0.4, -0.2) is 19.0 Å². The van der Waals surface area contributed by atoms with Crippen LogP contribution in [0.5, 0.6) is 0 Å². The Morgan fingerprint density at radius 3 is 3.07 bits per heavy atom. The Labute approximate surface area is 92.6 Å². The van der Waals surface area contributed by atoms with Gasteiger partial charge in [-0.2, -0.15) is 0 Å². The van der Waals surface area contributed by atoms with Crippen molar-refractivity contribution in [2.45, 2.75) is 64.3 Å². The van der Waals surface area contributed by atoms with Crippen molar-refractivity contribution in [2.24, 2.45) is 0 Å². The third kappa shape index (κ3) is 3.62. The zero-order chi connectivity index (χ0) is 10.5. The molecule has 0 aromatic carbocycles. The number of allylic oxidation sites excluding steroid dienone is 1. The maximum Gasteiger partial charge on any atom is 0.157 e. The third-order valence-corrected chi connectivity index (χ3v) is 3.21. The van der Waals surface area contributed by atoms with Gasteiger partial charge in [0.2, 0.25) is 0 Å². The van der Waals surface area contributed by atoms with E-state index in [0.717, 1.165) is 19.4 Å². The summed E-state index contributed by atoms with van der Waals surface area (Å²) in [4.78, 5) is 0. The molecule has 0 spiro atoms. The van der Waals surface area contributed by atoms with Crippen molar-refractivity contribution in [3.05, 3.63) is 11.6 Å². The first kappa shape index (κ1) is 11.2. The van der Waals surface area contributed by atoms with E-state index in [1.54, 1.807) is 5.57 Å². The zero-order valence-electron chi connectivity index (χ0n) is 9.71. The van der Waals surface area contributed by atoms with Gasteiger partial charge in [-0.05, 0) is 51.9 Å². The van der Waals surface area contributed by atoms with Crippen molar-refractivity contribution in [3.63, 3.8) is 0 Å². The average Bonchev–Trinajstić information content (AvgIpc) is 2.71. The molecule has 2 unspecified atom stereocenters. The normalized spacial score (nSPS) is 28.9. The molecule has 0 aromatic rings. The predicted octanol–water partition coefficient (Wildman–Crippen LogP) is 3.42. The van der Waals surface area contributed by atoms with Crippen molar-refractivity contribution in [3.8, 4) is 0 Å². The van der Waals surface area contributed by atoms with Crippen LogP contribution in [0, 0.1) is 0 Å². The molecule has 0 amide bonds. The highest BCUT2D eigenvalue weighted by Gasteiger charge is 2.18. The van der Waals surface area contributed by atoms with E-state index in [1.807, 2.05) is 0 Å². The van der Waals surface area contributed by atoms with Gasteiger partial charge in [0.25, 0.3) is 0 Å². The molecule has 0 radical (unpaired) electrons. The fourth-order valence-corrected chi connectivity index (χ4v) is 2.42. The minimum absolute atomic E-state index is 0.0655. The van der Waals surface area contributed by atoms with Gasteiger partial charge in [0.1, 0.15) is 0 Å². The van der Waals surface area contributed by atoms with Crippen LogP contribution in [0.25, 0.3) is 0 Å². The van der Waals surface area contributed by atoms with Crippen molar-refractivity contribution in [1.29, 1.82) is 0 Å². The third-order valence-electron chi connectivity index (χ3n) is 3.21. The fourth-order valence-electron chi connectivity index (χ4n) is 2.42. The molecule has 2 atom stereocenters. The lowest BCUT2D eigenvalue weighted by Gasteiger charge is -2.26. The van der Waals surface area contributed by atoms with Gasteiger partial charge in [-0.3, -0.25) is 0 Å². The summed E-state index contributed by atoms with van der Waals surface area (Å²) in [5.41, 5.74) is 1.58. The molecule has 1 heterocycles. The lowest BCUT2D eigenvalue weighted by atomic mass is 10.1. The van der Waals surface area contributed by atoms with Gasteiger partial charge in [-0.15, -0.1) is 0 Å². The smallest absolute Gasteiger partial charge is 0.157 e. The molecule has 15 heavy (non-hydrogen) atoms.